The highest BCUT2D eigenvalue weighted by molar-refractivity contribution is 6.30. The third-order valence-electron chi connectivity index (χ3n) is 6.59. The summed E-state index contributed by atoms with van der Waals surface area (Å²) in [6.07, 6.45) is 4.92. The zero-order valence-corrected chi connectivity index (χ0v) is 20.6. The third kappa shape index (κ3) is 4.36. The van der Waals surface area contributed by atoms with Crippen LogP contribution in [0.2, 0.25) is 10.0 Å². The van der Waals surface area contributed by atoms with Crippen molar-refractivity contribution in [1.29, 1.82) is 0 Å². The Morgan fingerprint density at radius 2 is 1.50 bits per heavy atom. The zero-order chi connectivity index (χ0) is 23.9. The van der Waals surface area contributed by atoms with E-state index in [-0.39, 0.29) is 17.1 Å². The molecule has 1 unspecified atom stereocenters. The molecule has 0 radical (unpaired) electrons. The van der Waals surface area contributed by atoms with E-state index in [9.17, 15) is 4.79 Å². The number of benzene rings is 3. The minimum Gasteiger partial charge on any atom is -0.358 e. The Bertz CT molecular complexity index is 1330. The number of carbonyl (C=O) groups excluding carboxylic acids is 1. The molecule has 0 fully saturated rings. The molecule has 0 saturated carbocycles. The molecule has 3 aromatic carbocycles. The van der Waals surface area contributed by atoms with Gasteiger partial charge in [0.15, 0.2) is 5.78 Å². The predicted octanol–water partition coefficient (Wildman–Crippen LogP) is 8.06. The van der Waals surface area contributed by atoms with Crippen molar-refractivity contribution in [1.82, 2.24) is 5.32 Å². The molecule has 34 heavy (non-hydrogen) atoms. The Morgan fingerprint density at radius 3 is 2.15 bits per heavy atom. The van der Waals surface area contributed by atoms with E-state index in [2.05, 4.69) is 25.2 Å². The lowest BCUT2D eigenvalue weighted by Gasteiger charge is -2.40. The van der Waals surface area contributed by atoms with Gasteiger partial charge in [-0.2, -0.15) is 0 Å². The van der Waals surface area contributed by atoms with E-state index in [1.54, 1.807) is 0 Å². The highest BCUT2D eigenvalue weighted by Crippen LogP contribution is 2.48. The van der Waals surface area contributed by atoms with Crippen LogP contribution in [-0.2, 0) is 4.79 Å². The van der Waals surface area contributed by atoms with Gasteiger partial charge in [-0.05, 0) is 64.9 Å². The van der Waals surface area contributed by atoms with Gasteiger partial charge < -0.3 is 5.32 Å². The van der Waals surface area contributed by atoms with Gasteiger partial charge in [0, 0.05) is 38.5 Å². The van der Waals surface area contributed by atoms with Crippen molar-refractivity contribution in [2.45, 2.75) is 26.2 Å². The fraction of sp³-hybridized carbons (Fsp3) is 0.167. The molecule has 1 aliphatic heterocycles. The Balaban J connectivity index is 1.64. The summed E-state index contributed by atoms with van der Waals surface area (Å²) in [4.78, 5) is 14.1. The SMILES string of the molecule is CC1(C)CC2=C(C(=O)/C1=C\c1ccccc1)C(c1ccc(Cl)cc1)C=C(c1ccc(Cl)cc1)N2. The second kappa shape index (κ2) is 8.94. The quantitative estimate of drug-likeness (QED) is 0.380. The number of ketones is 1. The van der Waals surface area contributed by atoms with Gasteiger partial charge in [0.25, 0.3) is 0 Å². The maximum Gasteiger partial charge on any atom is 0.188 e. The summed E-state index contributed by atoms with van der Waals surface area (Å²) >= 11 is 12.3. The lowest BCUT2D eigenvalue weighted by molar-refractivity contribution is -0.113. The van der Waals surface area contributed by atoms with Crippen molar-refractivity contribution < 1.29 is 4.79 Å². The first-order chi connectivity index (χ1) is 16.3. The van der Waals surface area contributed by atoms with Gasteiger partial charge in [-0.3, -0.25) is 4.79 Å². The van der Waals surface area contributed by atoms with Gasteiger partial charge in [0.05, 0.1) is 0 Å². The third-order valence-corrected chi connectivity index (χ3v) is 7.09. The molecule has 3 aromatic rings. The van der Waals surface area contributed by atoms with Crippen LogP contribution in [0.4, 0.5) is 0 Å². The summed E-state index contributed by atoms with van der Waals surface area (Å²) in [7, 11) is 0. The summed E-state index contributed by atoms with van der Waals surface area (Å²) in [6.45, 7) is 4.28. The molecule has 2 nitrogen and oxygen atoms in total. The molecular formula is C30H25Cl2NO. The zero-order valence-electron chi connectivity index (χ0n) is 19.1. The van der Waals surface area contributed by atoms with Crippen LogP contribution in [0, 0.1) is 5.41 Å². The molecular weight excluding hydrogens is 461 g/mol. The fourth-order valence-corrected chi connectivity index (χ4v) is 5.08. The average Bonchev–Trinajstić information content (AvgIpc) is 2.82. The number of allylic oxidation sites excluding steroid dienone is 4. The van der Waals surface area contributed by atoms with E-state index >= 15 is 0 Å². The number of carbonyl (C=O) groups is 1. The van der Waals surface area contributed by atoms with Crippen molar-refractivity contribution >= 4 is 40.8 Å². The number of halogens is 2. The molecule has 1 aliphatic carbocycles. The lowest BCUT2D eigenvalue weighted by Crippen LogP contribution is -2.37. The number of dihydropyridines is 1. The van der Waals surface area contributed by atoms with Crippen LogP contribution in [0.5, 0.6) is 0 Å². The Labute approximate surface area is 210 Å². The predicted molar refractivity (Wildman–Crippen MR) is 142 cm³/mol. The van der Waals surface area contributed by atoms with E-state index in [4.69, 9.17) is 23.2 Å². The topological polar surface area (TPSA) is 29.1 Å². The van der Waals surface area contributed by atoms with Gasteiger partial charge in [0.2, 0.25) is 0 Å². The molecule has 1 N–H and O–H groups in total. The minimum absolute atomic E-state index is 0.0916. The van der Waals surface area contributed by atoms with Crippen LogP contribution < -0.4 is 5.32 Å². The van der Waals surface area contributed by atoms with Crippen LogP contribution in [-0.4, -0.2) is 5.78 Å². The monoisotopic (exact) mass is 485 g/mol. The molecule has 0 bridgehead atoms. The standard InChI is InChI=1S/C30H25Cl2NO/c1-30(2)18-27-28(29(34)25(30)16-19-6-4-3-5-7-19)24(20-8-12-22(31)13-9-20)17-26(33-27)21-10-14-23(32)15-11-21/h3-17,24,33H,18H2,1-2H3/b25-16+. The largest absolute Gasteiger partial charge is 0.358 e. The molecule has 0 saturated heterocycles. The van der Waals surface area contributed by atoms with E-state index in [1.165, 1.54) is 0 Å². The van der Waals surface area contributed by atoms with Gasteiger partial charge in [-0.1, -0.05) is 91.6 Å². The van der Waals surface area contributed by atoms with Gasteiger partial charge in [-0.25, -0.2) is 0 Å². The maximum atomic E-state index is 14.1. The van der Waals surface area contributed by atoms with Crippen LogP contribution >= 0.6 is 23.2 Å². The first kappa shape index (κ1) is 22.7. The van der Waals surface area contributed by atoms with E-state index in [1.807, 2.05) is 84.9 Å². The fourth-order valence-electron chi connectivity index (χ4n) is 4.82. The highest BCUT2D eigenvalue weighted by atomic mass is 35.5. The average molecular weight is 486 g/mol. The van der Waals surface area contributed by atoms with Crippen LogP contribution in [0.1, 0.15) is 42.9 Å². The minimum atomic E-state index is -0.314. The molecule has 1 atom stereocenters. The van der Waals surface area contributed by atoms with Gasteiger partial charge in [-0.15, -0.1) is 0 Å². The maximum absolute atomic E-state index is 14.1. The highest BCUT2D eigenvalue weighted by Gasteiger charge is 2.42. The second-order valence-corrected chi connectivity index (χ2v) is 10.4. The van der Waals surface area contributed by atoms with Crippen LogP contribution in [0.15, 0.2) is 102 Å². The Kier molecular flexibility index (Phi) is 5.97. The van der Waals surface area contributed by atoms with Crippen molar-refractivity contribution in [3.05, 3.63) is 129 Å². The van der Waals surface area contributed by atoms with Crippen molar-refractivity contribution in [3.8, 4) is 0 Å². The molecule has 0 amide bonds. The molecule has 5 rings (SSSR count). The van der Waals surface area contributed by atoms with Crippen molar-refractivity contribution in [2.24, 2.45) is 5.41 Å². The number of nitrogens with one attached hydrogen (secondary N) is 1. The van der Waals surface area contributed by atoms with E-state index in [0.29, 0.717) is 10.0 Å². The number of rotatable bonds is 3. The normalized spacial score (nSPS) is 20.6. The smallest absolute Gasteiger partial charge is 0.188 e. The number of Topliss-reactive ketones (excluding diaryl/α,β-unsaturated/α-hetero) is 1. The summed E-state index contributed by atoms with van der Waals surface area (Å²) in [5.74, 6) is -0.0871. The van der Waals surface area contributed by atoms with E-state index < -0.39 is 0 Å². The molecule has 0 spiro atoms. The Hall–Kier alpha value is -3.07. The molecule has 4 heteroatoms. The van der Waals surface area contributed by atoms with Crippen LogP contribution in [0.25, 0.3) is 11.8 Å². The van der Waals surface area contributed by atoms with Gasteiger partial charge >= 0.3 is 0 Å². The molecule has 2 aliphatic rings. The first-order valence-corrected chi connectivity index (χ1v) is 12.1. The number of hydrogen-bond donors (Lipinski definition) is 1. The van der Waals surface area contributed by atoms with Gasteiger partial charge in [0.1, 0.15) is 0 Å². The number of hydrogen-bond acceptors (Lipinski definition) is 2. The second-order valence-electron chi connectivity index (χ2n) is 9.49. The van der Waals surface area contributed by atoms with Crippen molar-refractivity contribution in [3.63, 3.8) is 0 Å². The van der Waals surface area contributed by atoms with Crippen LogP contribution in [0.3, 0.4) is 0 Å². The first-order valence-electron chi connectivity index (χ1n) is 11.4. The summed E-state index contributed by atoms with van der Waals surface area (Å²) in [6, 6.07) is 25.6. The Morgan fingerprint density at radius 1 is 0.882 bits per heavy atom. The molecule has 170 valence electrons. The summed E-state index contributed by atoms with van der Waals surface area (Å²) < 4.78 is 0. The van der Waals surface area contributed by atoms with E-state index in [0.717, 1.165) is 45.7 Å². The summed E-state index contributed by atoms with van der Waals surface area (Å²) in [5.41, 5.74) is 6.39. The lowest BCUT2D eigenvalue weighted by atomic mass is 9.67. The molecule has 1 heterocycles. The molecule has 0 aromatic heterocycles. The summed E-state index contributed by atoms with van der Waals surface area (Å²) in [5, 5.41) is 4.97. The van der Waals surface area contributed by atoms with Crippen molar-refractivity contribution in [2.75, 3.05) is 0 Å².